The standard InChI is InChI=1S/C45H63N3O13/c1-12-34-45(9)38(47-42(53)60-45)26(4)35(50)24(2)22-44(8,61-43(54)55-19-15-16-30-21-31-17-13-14-18-32(31)46-23-30)39(27(5)36(51)28(6)40(52)58-34)59-41-37(57-29(7)49)33(48(10)11)20-25(3)56-41/h13-18,21,23-28,33-34,36-39,41,51H,12,19-20,22H2,1-11H3,(H,47,53)/b16-15+/t24-,25-,26+,27+,28-,33+,34-,36+,37-,38-,39-,41+,44-,45-/m1/s1. The number of para-hydroxylation sites is 1. The molecule has 14 atom stereocenters. The zero-order valence-electron chi connectivity index (χ0n) is 37.1. The number of esters is 2. The highest BCUT2D eigenvalue weighted by Gasteiger charge is 2.58. The first-order valence-electron chi connectivity index (χ1n) is 21.1. The largest absolute Gasteiger partial charge is 0.509 e. The third kappa shape index (κ3) is 10.7. The minimum absolute atomic E-state index is 0.169. The topological polar surface area (TPSA) is 198 Å². The normalized spacial score (nSPS) is 36.4. The van der Waals surface area contributed by atoms with Crippen LogP contribution >= 0.6 is 0 Å². The molecule has 336 valence electrons. The van der Waals surface area contributed by atoms with Crippen molar-refractivity contribution in [1.82, 2.24) is 15.2 Å². The number of ketones is 1. The fraction of sp³-hybridized carbons (Fsp3) is 0.644. The predicted octanol–water partition coefficient (Wildman–Crippen LogP) is 5.61. The van der Waals surface area contributed by atoms with Gasteiger partial charge in [-0.05, 0) is 84.8 Å². The number of benzene rings is 1. The Morgan fingerprint density at radius 3 is 2.44 bits per heavy atom. The summed E-state index contributed by atoms with van der Waals surface area (Å²) in [5.41, 5.74) is -1.60. The van der Waals surface area contributed by atoms with Crippen LogP contribution in [0.4, 0.5) is 9.59 Å². The quantitative estimate of drug-likeness (QED) is 0.233. The number of hydrogen-bond donors (Lipinski definition) is 2. The van der Waals surface area contributed by atoms with Crippen LogP contribution in [-0.4, -0.2) is 126 Å². The molecule has 3 aliphatic heterocycles. The van der Waals surface area contributed by atoms with Gasteiger partial charge in [0.25, 0.3) is 0 Å². The van der Waals surface area contributed by atoms with Crippen molar-refractivity contribution in [3.63, 3.8) is 0 Å². The lowest BCUT2D eigenvalue weighted by Gasteiger charge is -2.48. The molecule has 0 unspecified atom stereocenters. The lowest BCUT2D eigenvalue weighted by Crippen LogP contribution is -2.61. The molecular weight excluding hydrogens is 791 g/mol. The van der Waals surface area contributed by atoms with Crippen molar-refractivity contribution in [2.24, 2.45) is 23.7 Å². The number of aliphatic hydroxyl groups excluding tert-OH is 1. The van der Waals surface area contributed by atoms with Gasteiger partial charge in [0, 0.05) is 36.3 Å². The first-order valence-corrected chi connectivity index (χ1v) is 21.1. The van der Waals surface area contributed by atoms with Gasteiger partial charge in [0.2, 0.25) is 0 Å². The van der Waals surface area contributed by atoms with Crippen molar-refractivity contribution in [2.75, 3.05) is 20.7 Å². The molecule has 3 aliphatic rings. The molecule has 0 radical (unpaired) electrons. The van der Waals surface area contributed by atoms with Crippen molar-refractivity contribution >= 4 is 46.9 Å². The second-order valence-corrected chi connectivity index (χ2v) is 17.5. The van der Waals surface area contributed by atoms with Crippen LogP contribution in [0.15, 0.2) is 42.6 Å². The smallest absolute Gasteiger partial charge is 0.458 e. The molecular formula is C45H63N3O13. The van der Waals surface area contributed by atoms with E-state index in [1.165, 1.54) is 13.8 Å². The zero-order chi connectivity index (χ0) is 45.0. The Bertz CT molecular complexity index is 1940. The molecule has 2 N–H and O–H groups in total. The lowest BCUT2D eigenvalue weighted by atomic mass is 9.73. The van der Waals surface area contributed by atoms with E-state index in [4.69, 9.17) is 33.2 Å². The van der Waals surface area contributed by atoms with Gasteiger partial charge in [0.05, 0.1) is 35.7 Å². The maximum atomic E-state index is 14.5. The number of nitrogens with zero attached hydrogens (tertiary/aromatic N) is 2. The predicted molar refractivity (Wildman–Crippen MR) is 223 cm³/mol. The van der Waals surface area contributed by atoms with E-state index in [1.807, 2.05) is 56.3 Å². The van der Waals surface area contributed by atoms with Crippen LogP contribution in [0.5, 0.6) is 0 Å². The number of aliphatic hydroxyl groups is 1. The highest BCUT2D eigenvalue weighted by atomic mass is 16.8. The van der Waals surface area contributed by atoms with Gasteiger partial charge < -0.3 is 48.5 Å². The number of nitrogens with one attached hydrogen (secondary N) is 1. The molecule has 3 saturated heterocycles. The van der Waals surface area contributed by atoms with Gasteiger partial charge >= 0.3 is 24.2 Å². The molecule has 16 heteroatoms. The van der Waals surface area contributed by atoms with Crippen molar-refractivity contribution < 1.29 is 62.2 Å². The van der Waals surface area contributed by atoms with E-state index < -0.39 is 95.8 Å². The number of fused-ring (bicyclic) bond motifs is 2. The molecule has 1 amide bonds. The van der Waals surface area contributed by atoms with Gasteiger partial charge in [-0.1, -0.05) is 52.0 Å². The highest BCUT2D eigenvalue weighted by Crippen LogP contribution is 2.41. The average molecular weight is 854 g/mol. The fourth-order valence-corrected chi connectivity index (χ4v) is 9.24. The Morgan fingerprint density at radius 1 is 1.07 bits per heavy atom. The Kier molecular flexibility index (Phi) is 15.2. The van der Waals surface area contributed by atoms with E-state index in [1.54, 1.807) is 59.9 Å². The van der Waals surface area contributed by atoms with Gasteiger partial charge in [0.15, 0.2) is 18.0 Å². The third-order valence-corrected chi connectivity index (χ3v) is 12.5. The highest BCUT2D eigenvalue weighted by molar-refractivity contribution is 5.85. The third-order valence-electron chi connectivity index (χ3n) is 12.5. The van der Waals surface area contributed by atoms with Crippen LogP contribution in [0.25, 0.3) is 17.0 Å². The number of Topliss-reactive ketones (excluding diaryl/α,β-unsaturated/α-hetero) is 1. The van der Waals surface area contributed by atoms with Crippen LogP contribution in [0.1, 0.15) is 87.1 Å². The van der Waals surface area contributed by atoms with E-state index in [9.17, 15) is 29.1 Å². The zero-order valence-corrected chi connectivity index (χ0v) is 37.1. The summed E-state index contributed by atoms with van der Waals surface area (Å²) in [5, 5.41) is 15.8. The number of ether oxygens (including phenoxy) is 7. The molecule has 16 nitrogen and oxygen atoms in total. The average Bonchev–Trinajstić information content (AvgIpc) is 3.52. The first kappa shape index (κ1) is 47.4. The Morgan fingerprint density at radius 2 is 1.77 bits per heavy atom. The number of hydrogen-bond acceptors (Lipinski definition) is 15. The molecule has 1 aromatic heterocycles. The van der Waals surface area contributed by atoms with Crippen LogP contribution in [-0.2, 0) is 47.5 Å². The Balaban J connectivity index is 1.55. The van der Waals surface area contributed by atoms with Crippen molar-refractivity contribution in [3.05, 3.63) is 48.2 Å². The van der Waals surface area contributed by atoms with Crippen LogP contribution < -0.4 is 5.32 Å². The maximum Gasteiger partial charge on any atom is 0.509 e. The summed E-state index contributed by atoms with van der Waals surface area (Å²) in [7, 11) is 3.68. The molecule has 61 heavy (non-hydrogen) atoms. The maximum absolute atomic E-state index is 14.5. The molecule has 2 aromatic rings. The Labute approximate surface area is 357 Å². The SMILES string of the molecule is CC[C@H]1OC(=O)[C@H](C)[C@@H](O)[C@H](C)[C@@H](O[C@@H]2O[C@H](C)C[C@H](N(C)C)[C@H]2OC(C)=O)[C@](C)(OC(=O)OC/C=C/c2cnc3ccccc3c2)C[C@@H](C)C(=O)[C@H](C)[C@H]2NC(=O)O[C@@]21C. The van der Waals surface area contributed by atoms with Crippen LogP contribution in [0, 0.1) is 23.7 Å². The summed E-state index contributed by atoms with van der Waals surface area (Å²) in [4.78, 5) is 74.0. The lowest BCUT2D eigenvalue weighted by molar-refractivity contribution is -0.301. The van der Waals surface area contributed by atoms with Gasteiger partial charge in [0.1, 0.15) is 30.2 Å². The number of rotatable bonds is 9. The number of cyclic esters (lactones) is 1. The number of carbonyl (C=O) groups excluding carboxylic acids is 5. The summed E-state index contributed by atoms with van der Waals surface area (Å²) in [6.45, 7) is 14.3. The van der Waals surface area contributed by atoms with E-state index >= 15 is 0 Å². The van der Waals surface area contributed by atoms with Crippen molar-refractivity contribution in [1.29, 1.82) is 0 Å². The van der Waals surface area contributed by atoms with Gasteiger partial charge in [-0.3, -0.25) is 19.4 Å². The number of likely N-dealkylation sites (N-methyl/N-ethyl adjacent to an activating group) is 1. The van der Waals surface area contributed by atoms with E-state index in [2.05, 4.69) is 10.3 Å². The summed E-state index contributed by atoms with van der Waals surface area (Å²) in [6.07, 6.45) is -2.63. The number of aromatic nitrogens is 1. The van der Waals surface area contributed by atoms with Crippen LogP contribution in [0.3, 0.4) is 0 Å². The number of amides is 1. The molecule has 0 saturated carbocycles. The second kappa shape index (κ2) is 19.6. The summed E-state index contributed by atoms with van der Waals surface area (Å²) in [6, 6.07) is 8.35. The van der Waals surface area contributed by atoms with Crippen molar-refractivity contribution in [3.8, 4) is 0 Å². The summed E-state index contributed by atoms with van der Waals surface area (Å²) >= 11 is 0. The van der Waals surface area contributed by atoms with E-state index in [0.717, 1.165) is 16.5 Å². The number of pyridine rings is 1. The number of alkyl carbamates (subject to hydrolysis) is 1. The molecule has 3 fully saturated rings. The molecule has 4 heterocycles. The van der Waals surface area contributed by atoms with E-state index in [0.29, 0.717) is 6.42 Å². The number of carbonyl (C=O) groups is 5. The molecule has 0 spiro atoms. The van der Waals surface area contributed by atoms with Gasteiger partial charge in [-0.2, -0.15) is 0 Å². The Hall–Kier alpha value is -4.64. The summed E-state index contributed by atoms with van der Waals surface area (Å²) in [5.74, 6) is -5.64. The first-order chi connectivity index (χ1) is 28.7. The van der Waals surface area contributed by atoms with Crippen molar-refractivity contribution in [2.45, 2.75) is 142 Å². The van der Waals surface area contributed by atoms with Gasteiger partial charge in [-0.15, -0.1) is 0 Å². The van der Waals surface area contributed by atoms with Crippen LogP contribution in [0.2, 0.25) is 0 Å². The van der Waals surface area contributed by atoms with E-state index in [-0.39, 0.29) is 37.4 Å². The molecule has 0 bridgehead atoms. The minimum Gasteiger partial charge on any atom is -0.458 e. The molecule has 1 aromatic carbocycles. The summed E-state index contributed by atoms with van der Waals surface area (Å²) < 4.78 is 42.6. The van der Waals surface area contributed by atoms with Gasteiger partial charge in [-0.25, -0.2) is 9.59 Å². The molecule has 5 rings (SSSR count). The molecule has 0 aliphatic carbocycles. The minimum atomic E-state index is -1.78. The second-order valence-electron chi connectivity index (χ2n) is 17.5. The fourth-order valence-electron chi connectivity index (χ4n) is 9.24. The monoisotopic (exact) mass is 853 g/mol.